The number of alkyl halides is 3. The minimum Gasteiger partial charge on any atom is -0.344 e. The number of hydrogen-bond donors (Lipinski definition) is 1. The van der Waals surface area contributed by atoms with Crippen LogP contribution in [-0.2, 0) is 5.38 Å². The Labute approximate surface area is 176 Å². The Morgan fingerprint density at radius 3 is 2.60 bits per heavy atom. The zero-order chi connectivity index (χ0) is 21.5. The second-order valence-electron chi connectivity index (χ2n) is 6.96. The number of rotatable bonds is 5. The van der Waals surface area contributed by atoms with E-state index in [0.29, 0.717) is 5.69 Å². The number of benzene rings is 1. The summed E-state index contributed by atoms with van der Waals surface area (Å²) in [5.41, 5.74) is 1.75. The average Bonchev–Trinajstić information content (AvgIpc) is 3.36. The molecule has 0 aliphatic heterocycles. The number of nitrogens with one attached hydrogen (secondary N) is 1. The molecule has 9 heteroatoms. The number of halogens is 3. The number of fused-ring (bicyclic) bond motifs is 1. The van der Waals surface area contributed by atoms with Crippen LogP contribution >= 0.6 is 11.6 Å². The van der Waals surface area contributed by atoms with E-state index in [1.807, 2.05) is 60.3 Å². The van der Waals surface area contributed by atoms with E-state index in [2.05, 4.69) is 15.4 Å². The minimum atomic E-state index is -3.64. The van der Waals surface area contributed by atoms with E-state index in [-0.39, 0.29) is 17.4 Å². The molecule has 0 saturated carbocycles. The lowest BCUT2D eigenvalue weighted by atomic mass is 10.1. The van der Waals surface area contributed by atoms with Gasteiger partial charge in [0.2, 0.25) is 0 Å². The van der Waals surface area contributed by atoms with Crippen LogP contribution in [0.4, 0.5) is 8.78 Å². The molecule has 4 aromatic rings. The molecule has 0 fully saturated rings. The van der Waals surface area contributed by atoms with Crippen molar-refractivity contribution in [3.8, 4) is 5.69 Å². The Bertz CT molecular complexity index is 1210. The standard InChI is InChI=1S/C21H18ClF2N5O/c1-13-10-18(21(22,23)24)29-19(25-13)12-17(27-29)20(30)26-14(2)15-6-5-7-16(11-15)28-8-3-4-9-28/h3-12,14H,1-2H3,(H,26,30). The van der Waals surface area contributed by atoms with E-state index in [0.717, 1.165) is 21.8 Å². The normalized spacial score (nSPS) is 12.8. The molecular weight excluding hydrogens is 412 g/mol. The third-order valence-electron chi connectivity index (χ3n) is 4.70. The van der Waals surface area contributed by atoms with Gasteiger partial charge in [0.25, 0.3) is 5.91 Å². The maximum atomic E-state index is 13.7. The Hall–Kier alpha value is -3.26. The van der Waals surface area contributed by atoms with E-state index < -0.39 is 17.0 Å². The van der Waals surface area contributed by atoms with Crippen LogP contribution in [0.5, 0.6) is 0 Å². The smallest absolute Gasteiger partial charge is 0.344 e. The predicted octanol–water partition coefficient (Wildman–Crippen LogP) is 4.61. The highest BCUT2D eigenvalue weighted by atomic mass is 35.5. The van der Waals surface area contributed by atoms with Crippen LogP contribution in [0.1, 0.15) is 40.4 Å². The predicted molar refractivity (Wildman–Crippen MR) is 109 cm³/mol. The van der Waals surface area contributed by atoms with Gasteiger partial charge in [-0.05, 0) is 61.3 Å². The first-order chi connectivity index (χ1) is 14.2. The van der Waals surface area contributed by atoms with E-state index in [1.54, 1.807) is 6.92 Å². The lowest BCUT2D eigenvalue weighted by molar-refractivity contribution is 0.0863. The fourth-order valence-corrected chi connectivity index (χ4v) is 3.36. The van der Waals surface area contributed by atoms with Gasteiger partial charge >= 0.3 is 5.38 Å². The number of carbonyl (C=O) groups is 1. The number of aromatic nitrogens is 4. The molecule has 0 aliphatic carbocycles. The van der Waals surface area contributed by atoms with E-state index in [1.165, 1.54) is 6.07 Å². The quantitative estimate of drug-likeness (QED) is 0.471. The molecule has 0 spiro atoms. The second kappa shape index (κ2) is 7.53. The van der Waals surface area contributed by atoms with Crippen molar-refractivity contribution >= 4 is 23.2 Å². The highest BCUT2D eigenvalue weighted by molar-refractivity contribution is 6.21. The number of aryl methyl sites for hydroxylation is 1. The molecule has 154 valence electrons. The molecule has 0 radical (unpaired) electrons. The molecule has 0 aliphatic rings. The van der Waals surface area contributed by atoms with Gasteiger partial charge in [-0.1, -0.05) is 12.1 Å². The first kappa shape index (κ1) is 20.0. The van der Waals surface area contributed by atoms with Crippen LogP contribution < -0.4 is 5.32 Å². The van der Waals surface area contributed by atoms with Gasteiger partial charge < -0.3 is 9.88 Å². The first-order valence-corrected chi connectivity index (χ1v) is 9.59. The number of hydrogen-bond acceptors (Lipinski definition) is 3. The Balaban J connectivity index is 1.60. The average molecular weight is 430 g/mol. The topological polar surface area (TPSA) is 64.2 Å². The molecule has 3 aromatic heterocycles. The molecule has 1 unspecified atom stereocenters. The van der Waals surface area contributed by atoms with Gasteiger partial charge in [-0.3, -0.25) is 4.79 Å². The largest absolute Gasteiger partial charge is 0.364 e. The maximum absolute atomic E-state index is 13.7. The zero-order valence-corrected chi connectivity index (χ0v) is 16.9. The van der Waals surface area contributed by atoms with Crippen molar-refractivity contribution in [2.45, 2.75) is 25.3 Å². The lowest BCUT2D eigenvalue weighted by Gasteiger charge is -2.15. The van der Waals surface area contributed by atoms with E-state index >= 15 is 0 Å². The van der Waals surface area contributed by atoms with Crippen molar-refractivity contribution in [2.24, 2.45) is 0 Å². The molecule has 0 saturated heterocycles. The molecule has 1 N–H and O–H groups in total. The highest BCUT2D eigenvalue weighted by Gasteiger charge is 2.32. The van der Waals surface area contributed by atoms with E-state index in [9.17, 15) is 13.6 Å². The summed E-state index contributed by atoms with van der Waals surface area (Å²) in [6, 6.07) is 13.8. The molecule has 3 heterocycles. The van der Waals surface area contributed by atoms with Crippen molar-refractivity contribution in [1.29, 1.82) is 0 Å². The van der Waals surface area contributed by atoms with Crippen molar-refractivity contribution in [2.75, 3.05) is 0 Å². The van der Waals surface area contributed by atoms with Gasteiger partial charge in [-0.15, -0.1) is 0 Å². The summed E-state index contributed by atoms with van der Waals surface area (Å²) in [5.74, 6) is -0.499. The highest BCUT2D eigenvalue weighted by Crippen LogP contribution is 2.32. The Morgan fingerprint density at radius 2 is 1.90 bits per heavy atom. The molecule has 6 nitrogen and oxygen atoms in total. The summed E-state index contributed by atoms with van der Waals surface area (Å²) in [6.45, 7) is 3.40. The summed E-state index contributed by atoms with van der Waals surface area (Å²) in [6.07, 6.45) is 3.86. The number of amides is 1. The SMILES string of the molecule is Cc1cc(C(F)(F)Cl)n2nc(C(=O)NC(C)c3cccc(-n4cccc4)c3)cc2n1. The van der Waals surface area contributed by atoms with Crippen LogP contribution in [0, 0.1) is 6.92 Å². The van der Waals surface area contributed by atoms with Crippen LogP contribution in [0.2, 0.25) is 0 Å². The third kappa shape index (κ3) is 3.91. The molecule has 30 heavy (non-hydrogen) atoms. The van der Waals surface area contributed by atoms with Crippen molar-refractivity contribution in [1.82, 2.24) is 24.5 Å². The fourth-order valence-electron chi connectivity index (χ4n) is 3.23. The van der Waals surface area contributed by atoms with Crippen LogP contribution in [0.15, 0.2) is 60.9 Å². The van der Waals surface area contributed by atoms with Gasteiger partial charge in [-0.25, -0.2) is 9.50 Å². The van der Waals surface area contributed by atoms with Gasteiger partial charge in [0.1, 0.15) is 5.69 Å². The minimum absolute atomic E-state index is 0.0244. The molecule has 0 bridgehead atoms. The summed E-state index contributed by atoms with van der Waals surface area (Å²) >= 11 is 5.20. The summed E-state index contributed by atoms with van der Waals surface area (Å²) in [4.78, 5) is 16.9. The number of nitrogens with zero attached hydrogens (tertiary/aromatic N) is 4. The lowest BCUT2D eigenvalue weighted by Crippen LogP contribution is -2.27. The summed E-state index contributed by atoms with van der Waals surface area (Å²) in [5, 5.41) is 3.20. The van der Waals surface area contributed by atoms with Gasteiger partial charge in [0.05, 0.1) is 6.04 Å². The third-order valence-corrected chi connectivity index (χ3v) is 4.89. The van der Waals surface area contributed by atoms with Crippen LogP contribution in [-0.4, -0.2) is 25.1 Å². The summed E-state index contributed by atoms with van der Waals surface area (Å²) < 4.78 is 30.3. The van der Waals surface area contributed by atoms with Crippen molar-refractivity contribution in [3.05, 3.63) is 83.6 Å². The molecular formula is C21H18ClF2N5O. The zero-order valence-electron chi connectivity index (χ0n) is 16.2. The van der Waals surface area contributed by atoms with Crippen LogP contribution in [0.25, 0.3) is 11.3 Å². The molecule has 4 rings (SSSR count). The van der Waals surface area contributed by atoms with Crippen LogP contribution in [0.3, 0.4) is 0 Å². The fraction of sp³-hybridized carbons (Fsp3) is 0.190. The monoisotopic (exact) mass is 429 g/mol. The van der Waals surface area contributed by atoms with Gasteiger partial charge in [0, 0.05) is 29.8 Å². The maximum Gasteiger partial charge on any atom is 0.364 e. The first-order valence-electron chi connectivity index (χ1n) is 9.21. The van der Waals surface area contributed by atoms with Crippen molar-refractivity contribution in [3.63, 3.8) is 0 Å². The molecule has 1 amide bonds. The Morgan fingerprint density at radius 1 is 1.17 bits per heavy atom. The second-order valence-corrected chi connectivity index (χ2v) is 7.44. The van der Waals surface area contributed by atoms with E-state index in [4.69, 9.17) is 11.6 Å². The molecule has 1 aromatic carbocycles. The van der Waals surface area contributed by atoms with Gasteiger partial charge in [-0.2, -0.15) is 13.9 Å². The molecule has 1 atom stereocenters. The Kier molecular flexibility index (Phi) is 5.03. The number of carbonyl (C=O) groups excluding carboxylic acids is 1. The van der Waals surface area contributed by atoms with Gasteiger partial charge in [0.15, 0.2) is 11.3 Å². The summed E-state index contributed by atoms with van der Waals surface area (Å²) in [7, 11) is 0. The van der Waals surface area contributed by atoms with Crippen molar-refractivity contribution < 1.29 is 13.6 Å².